The second kappa shape index (κ2) is 6.73. The van der Waals surface area contributed by atoms with Crippen LogP contribution >= 0.6 is 43.5 Å². The quantitative estimate of drug-likeness (QED) is 0.589. The average molecular weight is 408 g/mol. The van der Waals surface area contributed by atoms with Crippen molar-refractivity contribution in [3.63, 3.8) is 0 Å². The fourth-order valence-corrected chi connectivity index (χ4v) is 2.73. The Labute approximate surface area is 133 Å². The largest absolute Gasteiger partial charge is 0.487 e. The summed E-state index contributed by atoms with van der Waals surface area (Å²) >= 11 is 12.5. The SMILES string of the molecule is Fc1cc(Cl)ccc1COc1c(Br)cccc1CBr. The first-order chi connectivity index (χ1) is 9.11. The van der Waals surface area contributed by atoms with E-state index in [2.05, 4.69) is 31.9 Å². The average Bonchev–Trinajstić information content (AvgIpc) is 2.39. The second-order valence-electron chi connectivity index (χ2n) is 3.89. The lowest BCUT2D eigenvalue weighted by molar-refractivity contribution is 0.296. The van der Waals surface area contributed by atoms with Gasteiger partial charge in [-0.1, -0.05) is 45.7 Å². The third-order valence-corrected chi connectivity index (χ3v) is 4.04. The number of para-hydroxylation sites is 1. The Bertz CT molecular complexity index is 590. The summed E-state index contributed by atoms with van der Waals surface area (Å²) in [6.07, 6.45) is 0. The van der Waals surface area contributed by atoms with Gasteiger partial charge in [-0.15, -0.1) is 0 Å². The van der Waals surface area contributed by atoms with Gasteiger partial charge in [-0.3, -0.25) is 0 Å². The topological polar surface area (TPSA) is 9.23 Å². The van der Waals surface area contributed by atoms with Crippen LogP contribution in [0.15, 0.2) is 40.9 Å². The van der Waals surface area contributed by atoms with Crippen molar-refractivity contribution in [1.82, 2.24) is 0 Å². The van der Waals surface area contributed by atoms with Gasteiger partial charge in [0.1, 0.15) is 18.2 Å². The van der Waals surface area contributed by atoms with Crippen molar-refractivity contribution in [2.24, 2.45) is 0 Å². The first-order valence-corrected chi connectivity index (χ1v) is 7.81. The Kier molecular flexibility index (Phi) is 5.25. The molecule has 2 aromatic carbocycles. The van der Waals surface area contributed by atoms with Gasteiger partial charge in [0, 0.05) is 21.5 Å². The van der Waals surface area contributed by atoms with Crippen molar-refractivity contribution < 1.29 is 9.13 Å². The molecule has 0 saturated carbocycles. The zero-order chi connectivity index (χ0) is 13.8. The van der Waals surface area contributed by atoms with Crippen LogP contribution in [-0.2, 0) is 11.9 Å². The molecule has 0 spiro atoms. The maximum absolute atomic E-state index is 13.7. The lowest BCUT2D eigenvalue weighted by atomic mass is 10.2. The molecule has 0 saturated heterocycles. The summed E-state index contributed by atoms with van der Waals surface area (Å²) < 4.78 is 20.2. The van der Waals surface area contributed by atoms with Crippen LogP contribution in [0.5, 0.6) is 5.75 Å². The minimum absolute atomic E-state index is 0.158. The molecule has 0 bridgehead atoms. The molecule has 0 atom stereocenters. The zero-order valence-electron chi connectivity index (χ0n) is 9.80. The monoisotopic (exact) mass is 406 g/mol. The summed E-state index contributed by atoms with van der Waals surface area (Å²) in [5.74, 6) is 0.355. The standard InChI is InChI=1S/C14H10Br2ClFO/c15-7-9-2-1-3-12(16)14(9)19-8-10-4-5-11(17)6-13(10)18/h1-6H,7-8H2. The van der Waals surface area contributed by atoms with Crippen LogP contribution in [0.4, 0.5) is 4.39 Å². The Morgan fingerprint density at radius 1 is 1.16 bits per heavy atom. The molecular formula is C14H10Br2ClFO. The molecule has 5 heteroatoms. The molecular weight excluding hydrogens is 398 g/mol. The summed E-state index contributed by atoms with van der Waals surface area (Å²) in [7, 11) is 0. The summed E-state index contributed by atoms with van der Waals surface area (Å²) in [6.45, 7) is 0.158. The molecule has 0 heterocycles. The van der Waals surface area contributed by atoms with Crippen LogP contribution in [0.2, 0.25) is 5.02 Å². The molecule has 2 aromatic rings. The van der Waals surface area contributed by atoms with Gasteiger partial charge in [-0.2, -0.15) is 0 Å². The Hall–Kier alpha value is -0.580. The first-order valence-electron chi connectivity index (χ1n) is 5.52. The molecule has 0 aliphatic carbocycles. The van der Waals surface area contributed by atoms with E-state index in [-0.39, 0.29) is 12.4 Å². The van der Waals surface area contributed by atoms with Crippen LogP contribution in [0.1, 0.15) is 11.1 Å². The minimum Gasteiger partial charge on any atom is -0.487 e. The second-order valence-corrected chi connectivity index (χ2v) is 5.74. The van der Waals surface area contributed by atoms with Gasteiger partial charge in [0.25, 0.3) is 0 Å². The highest BCUT2D eigenvalue weighted by atomic mass is 79.9. The number of benzene rings is 2. The highest BCUT2D eigenvalue weighted by molar-refractivity contribution is 9.10. The van der Waals surface area contributed by atoms with Gasteiger partial charge in [0.05, 0.1) is 4.47 Å². The molecule has 0 fully saturated rings. The normalized spacial score (nSPS) is 10.5. The molecule has 19 heavy (non-hydrogen) atoms. The smallest absolute Gasteiger partial charge is 0.138 e. The molecule has 0 unspecified atom stereocenters. The van der Waals surface area contributed by atoms with Crippen molar-refractivity contribution in [3.8, 4) is 5.75 Å². The van der Waals surface area contributed by atoms with E-state index in [1.165, 1.54) is 6.07 Å². The third kappa shape index (κ3) is 3.71. The fraction of sp³-hybridized carbons (Fsp3) is 0.143. The highest BCUT2D eigenvalue weighted by Gasteiger charge is 2.09. The summed E-state index contributed by atoms with van der Waals surface area (Å²) in [5.41, 5.74) is 1.48. The van der Waals surface area contributed by atoms with E-state index in [0.29, 0.717) is 21.7 Å². The molecule has 0 aliphatic heterocycles. The van der Waals surface area contributed by atoms with Gasteiger partial charge < -0.3 is 4.74 Å². The van der Waals surface area contributed by atoms with Crippen molar-refractivity contribution in [2.75, 3.05) is 0 Å². The first kappa shape index (κ1) is 14.8. The molecule has 0 amide bonds. The van der Waals surface area contributed by atoms with Gasteiger partial charge in [-0.25, -0.2) is 4.39 Å². The summed E-state index contributed by atoms with van der Waals surface area (Å²) in [4.78, 5) is 0. The zero-order valence-corrected chi connectivity index (χ0v) is 13.7. The number of ether oxygens (including phenoxy) is 1. The van der Waals surface area contributed by atoms with Crippen LogP contribution in [-0.4, -0.2) is 0 Å². The van der Waals surface area contributed by atoms with E-state index in [1.807, 2.05) is 18.2 Å². The summed E-state index contributed by atoms with van der Waals surface area (Å²) in [6, 6.07) is 10.3. The number of alkyl halides is 1. The van der Waals surface area contributed by atoms with Crippen LogP contribution in [0, 0.1) is 5.82 Å². The van der Waals surface area contributed by atoms with Crippen LogP contribution in [0.25, 0.3) is 0 Å². The lowest BCUT2D eigenvalue weighted by Gasteiger charge is -2.12. The third-order valence-electron chi connectivity index (χ3n) is 2.58. The van der Waals surface area contributed by atoms with Crippen molar-refractivity contribution in [2.45, 2.75) is 11.9 Å². The van der Waals surface area contributed by atoms with Gasteiger partial charge in [-0.05, 0) is 34.1 Å². The van der Waals surface area contributed by atoms with E-state index in [9.17, 15) is 4.39 Å². The minimum atomic E-state index is -0.361. The van der Waals surface area contributed by atoms with E-state index >= 15 is 0 Å². The maximum Gasteiger partial charge on any atom is 0.138 e. The molecule has 1 nitrogen and oxygen atoms in total. The van der Waals surface area contributed by atoms with Crippen molar-refractivity contribution in [3.05, 3.63) is 62.8 Å². The van der Waals surface area contributed by atoms with Crippen LogP contribution in [0.3, 0.4) is 0 Å². The fourth-order valence-electron chi connectivity index (χ4n) is 1.61. The maximum atomic E-state index is 13.7. The molecule has 2 rings (SSSR count). The molecule has 100 valence electrons. The molecule has 0 radical (unpaired) electrons. The summed E-state index contributed by atoms with van der Waals surface area (Å²) in [5, 5.41) is 1.05. The Balaban J connectivity index is 2.19. The number of hydrogen-bond acceptors (Lipinski definition) is 1. The predicted octanol–water partition coefficient (Wildman–Crippen LogP) is 5.72. The molecule has 0 aliphatic rings. The van der Waals surface area contributed by atoms with E-state index in [1.54, 1.807) is 12.1 Å². The van der Waals surface area contributed by atoms with E-state index in [0.717, 1.165) is 10.0 Å². The Morgan fingerprint density at radius 3 is 2.63 bits per heavy atom. The van der Waals surface area contributed by atoms with Crippen molar-refractivity contribution >= 4 is 43.5 Å². The van der Waals surface area contributed by atoms with Crippen LogP contribution < -0.4 is 4.74 Å². The lowest BCUT2D eigenvalue weighted by Crippen LogP contribution is -2.01. The number of rotatable bonds is 4. The van der Waals surface area contributed by atoms with E-state index < -0.39 is 0 Å². The highest BCUT2D eigenvalue weighted by Crippen LogP contribution is 2.31. The van der Waals surface area contributed by atoms with Gasteiger partial charge >= 0.3 is 0 Å². The van der Waals surface area contributed by atoms with Gasteiger partial charge in [0.15, 0.2) is 0 Å². The molecule has 0 aromatic heterocycles. The van der Waals surface area contributed by atoms with E-state index in [4.69, 9.17) is 16.3 Å². The number of hydrogen-bond donors (Lipinski definition) is 0. The molecule has 0 N–H and O–H groups in total. The Morgan fingerprint density at radius 2 is 1.95 bits per heavy atom. The number of halogens is 4. The predicted molar refractivity (Wildman–Crippen MR) is 82.5 cm³/mol. The van der Waals surface area contributed by atoms with Crippen molar-refractivity contribution in [1.29, 1.82) is 0 Å². The van der Waals surface area contributed by atoms with Gasteiger partial charge in [0.2, 0.25) is 0 Å².